The van der Waals surface area contributed by atoms with Crippen LogP contribution in [-0.4, -0.2) is 25.7 Å². The van der Waals surface area contributed by atoms with Crippen molar-refractivity contribution in [3.8, 4) is 0 Å². The minimum atomic E-state index is -0.268. The van der Waals surface area contributed by atoms with Gasteiger partial charge in [-0.2, -0.15) is 0 Å². The van der Waals surface area contributed by atoms with Crippen molar-refractivity contribution in [1.29, 1.82) is 0 Å². The Labute approximate surface area is 115 Å². The van der Waals surface area contributed by atoms with E-state index < -0.39 is 0 Å². The van der Waals surface area contributed by atoms with Crippen LogP contribution in [0.15, 0.2) is 23.1 Å². The molecule has 0 saturated carbocycles. The van der Waals surface area contributed by atoms with Gasteiger partial charge in [-0.25, -0.2) is 14.6 Å². The first-order valence-corrected chi connectivity index (χ1v) is 5.97. The number of aromatic nitrogens is 4. The van der Waals surface area contributed by atoms with Gasteiger partial charge in [0.2, 0.25) is 11.9 Å². The summed E-state index contributed by atoms with van der Waals surface area (Å²) in [5, 5.41) is 6.78. The molecular formula is C9H8BrClN6O. The number of nitrogens with two attached hydrogens (primary N) is 1. The summed E-state index contributed by atoms with van der Waals surface area (Å²) in [6, 6.07) is 1.66. The highest BCUT2D eigenvalue weighted by molar-refractivity contribution is 9.10. The van der Waals surface area contributed by atoms with Crippen molar-refractivity contribution in [1.82, 2.24) is 19.7 Å². The summed E-state index contributed by atoms with van der Waals surface area (Å²) >= 11 is 8.96. The molecule has 94 valence electrons. The van der Waals surface area contributed by atoms with Crippen LogP contribution >= 0.6 is 27.5 Å². The van der Waals surface area contributed by atoms with Crippen LogP contribution in [0.4, 0.5) is 11.6 Å². The molecule has 3 N–H and O–H groups in total. The average Bonchev–Trinajstić information content (AvgIpc) is 2.69. The van der Waals surface area contributed by atoms with Gasteiger partial charge in [-0.3, -0.25) is 4.79 Å². The normalized spacial score (nSPS) is 10.3. The van der Waals surface area contributed by atoms with Gasteiger partial charge < -0.3 is 11.1 Å². The summed E-state index contributed by atoms with van der Waals surface area (Å²) in [7, 11) is 0. The molecule has 7 nitrogen and oxygen atoms in total. The Bertz CT molecular complexity index is 586. The number of nitrogens with one attached hydrogen (secondary N) is 1. The van der Waals surface area contributed by atoms with Gasteiger partial charge >= 0.3 is 0 Å². The standard InChI is InChI=1S/C9H8BrClN6O/c10-6-1-5(2-13-8(6)11)15-7(18)3-17-4-14-9(12)16-17/h1-2,4H,3H2,(H2,12,16)(H,15,18). The summed E-state index contributed by atoms with van der Waals surface area (Å²) in [5.74, 6) is -0.144. The number of rotatable bonds is 3. The van der Waals surface area contributed by atoms with Crippen molar-refractivity contribution in [2.45, 2.75) is 6.54 Å². The number of pyridine rings is 1. The summed E-state index contributed by atoms with van der Waals surface area (Å²) < 4.78 is 1.94. The fourth-order valence-corrected chi connectivity index (χ4v) is 1.67. The number of carbonyl (C=O) groups excluding carboxylic acids is 1. The second-order valence-corrected chi connectivity index (χ2v) is 4.56. The topological polar surface area (TPSA) is 98.7 Å². The van der Waals surface area contributed by atoms with Gasteiger partial charge in [-0.1, -0.05) is 11.6 Å². The number of anilines is 2. The zero-order chi connectivity index (χ0) is 13.1. The van der Waals surface area contributed by atoms with Crippen LogP contribution in [0.2, 0.25) is 5.15 Å². The molecule has 2 aromatic rings. The predicted molar refractivity (Wildman–Crippen MR) is 70.0 cm³/mol. The third kappa shape index (κ3) is 3.17. The van der Waals surface area contributed by atoms with Crippen LogP contribution < -0.4 is 11.1 Å². The van der Waals surface area contributed by atoms with Crippen molar-refractivity contribution in [2.24, 2.45) is 0 Å². The lowest BCUT2D eigenvalue weighted by atomic mass is 10.4. The fraction of sp³-hybridized carbons (Fsp3) is 0.111. The Hall–Kier alpha value is -1.67. The molecule has 2 aromatic heterocycles. The summed E-state index contributed by atoms with van der Waals surface area (Å²) in [6.45, 7) is 0.0183. The molecule has 0 aliphatic rings. The molecule has 0 unspecified atom stereocenters. The number of halogens is 2. The van der Waals surface area contributed by atoms with Crippen LogP contribution in [0.3, 0.4) is 0 Å². The van der Waals surface area contributed by atoms with E-state index in [1.807, 2.05) is 0 Å². The van der Waals surface area contributed by atoms with E-state index in [-0.39, 0.29) is 18.4 Å². The molecule has 0 saturated heterocycles. The van der Waals surface area contributed by atoms with E-state index in [1.165, 1.54) is 17.2 Å². The number of carbonyl (C=O) groups is 1. The first-order chi connectivity index (χ1) is 8.54. The van der Waals surface area contributed by atoms with Gasteiger partial charge in [0.1, 0.15) is 18.0 Å². The Kier molecular flexibility index (Phi) is 3.78. The third-order valence-corrected chi connectivity index (χ3v) is 3.07. The lowest BCUT2D eigenvalue weighted by molar-refractivity contribution is -0.116. The average molecular weight is 332 g/mol. The smallest absolute Gasteiger partial charge is 0.246 e. The number of nitrogens with zero attached hydrogens (tertiary/aromatic N) is 4. The lowest BCUT2D eigenvalue weighted by Gasteiger charge is -2.05. The predicted octanol–water partition coefficient (Wildman–Crippen LogP) is 1.31. The Morgan fingerprint density at radius 3 is 2.94 bits per heavy atom. The number of nitrogen functional groups attached to an aromatic ring is 1. The van der Waals surface area contributed by atoms with Gasteiger partial charge in [-0.05, 0) is 22.0 Å². The van der Waals surface area contributed by atoms with Crippen LogP contribution in [-0.2, 0) is 11.3 Å². The SMILES string of the molecule is Nc1ncn(CC(=O)Nc2cnc(Cl)c(Br)c2)n1. The largest absolute Gasteiger partial charge is 0.367 e. The maximum Gasteiger partial charge on any atom is 0.246 e. The second-order valence-electron chi connectivity index (χ2n) is 3.35. The monoisotopic (exact) mass is 330 g/mol. The van der Waals surface area contributed by atoms with E-state index in [0.717, 1.165) is 0 Å². The number of hydrogen-bond donors (Lipinski definition) is 2. The van der Waals surface area contributed by atoms with E-state index in [0.29, 0.717) is 15.3 Å². The van der Waals surface area contributed by atoms with Crippen molar-refractivity contribution in [3.63, 3.8) is 0 Å². The number of hydrogen-bond acceptors (Lipinski definition) is 5. The first-order valence-electron chi connectivity index (χ1n) is 4.80. The molecule has 0 aromatic carbocycles. The minimum Gasteiger partial charge on any atom is -0.367 e. The zero-order valence-electron chi connectivity index (χ0n) is 8.97. The number of amides is 1. The minimum absolute atomic E-state index is 0.0183. The first kappa shape index (κ1) is 12.8. The highest BCUT2D eigenvalue weighted by Gasteiger charge is 2.07. The van der Waals surface area contributed by atoms with Gasteiger partial charge in [0.25, 0.3) is 0 Å². The fourth-order valence-electron chi connectivity index (χ4n) is 1.22. The van der Waals surface area contributed by atoms with Gasteiger partial charge in [-0.15, -0.1) is 5.10 Å². The van der Waals surface area contributed by atoms with E-state index in [9.17, 15) is 4.79 Å². The molecule has 0 atom stereocenters. The molecule has 9 heteroatoms. The van der Waals surface area contributed by atoms with Crippen LogP contribution in [0.5, 0.6) is 0 Å². The zero-order valence-corrected chi connectivity index (χ0v) is 11.3. The van der Waals surface area contributed by atoms with E-state index >= 15 is 0 Å². The Morgan fingerprint density at radius 2 is 2.33 bits per heavy atom. The van der Waals surface area contributed by atoms with Crippen LogP contribution in [0.1, 0.15) is 0 Å². The molecule has 18 heavy (non-hydrogen) atoms. The molecule has 1 amide bonds. The van der Waals surface area contributed by atoms with Crippen LogP contribution in [0, 0.1) is 0 Å². The molecule has 0 bridgehead atoms. The quantitative estimate of drug-likeness (QED) is 0.826. The molecule has 2 rings (SSSR count). The van der Waals surface area contributed by atoms with Crippen molar-refractivity contribution < 1.29 is 4.79 Å². The van der Waals surface area contributed by atoms with Crippen LogP contribution in [0.25, 0.3) is 0 Å². The highest BCUT2D eigenvalue weighted by atomic mass is 79.9. The molecule has 2 heterocycles. The molecule has 0 aliphatic carbocycles. The van der Waals surface area contributed by atoms with Crippen molar-refractivity contribution >= 4 is 45.1 Å². The molecule has 0 aliphatic heterocycles. The molecule has 0 fully saturated rings. The van der Waals surface area contributed by atoms with E-state index in [1.54, 1.807) is 6.07 Å². The van der Waals surface area contributed by atoms with E-state index in [2.05, 4.69) is 36.3 Å². The molecule has 0 spiro atoms. The Balaban J connectivity index is 2.00. The summed E-state index contributed by atoms with van der Waals surface area (Å²) in [4.78, 5) is 19.3. The molecule has 0 radical (unpaired) electrons. The van der Waals surface area contributed by atoms with Crippen molar-refractivity contribution in [2.75, 3.05) is 11.1 Å². The second kappa shape index (κ2) is 5.32. The lowest BCUT2D eigenvalue weighted by Crippen LogP contribution is -2.19. The third-order valence-electron chi connectivity index (χ3n) is 1.94. The summed E-state index contributed by atoms with van der Waals surface area (Å²) in [5.41, 5.74) is 5.87. The maximum atomic E-state index is 11.7. The Morgan fingerprint density at radius 1 is 1.56 bits per heavy atom. The molecular weight excluding hydrogens is 323 g/mol. The van der Waals surface area contributed by atoms with Gasteiger partial charge in [0, 0.05) is 0 Å². The highest BCUT2D eigenvalue weighted by Crippen LogP contribution is 2.22. The van der Waals surface area contributed by atoms with Gasteiger partial charge in [0.15, 0.2) is 0 Å². The maximum absolute atomic E-state index is 11.7. The van der Waals surface area contributed by atoms with E-state index in [4.69, 9.17) is 17.3 Å². The van der Waals surface area contributed by atoms with Crippen molar-refractivity contribution in [3.05, 3.63) is 28.2 Å². The summed E-state index contributed by atoms with van der Waals surface area (Å²) in [6.07, 6.45) is 2.84. The van der Waals surface area contributed by atoms with Gasteiger partial charge in [0.05, 0.1) is 16.4 Å².